The van der Waals surface area contributed by atoms with Gasteiger partial charge < -0.3 is 10.4 Å². The van der Waals surface area contributed by atoms with Crippen LogP contribution < -0.4 is 5.32 Å². The second-order valence-corrected chi connectivity index (χ2v) is 5.03. The zero-order valence-electron chi connectivity index (χ0n) is 11.9. The Hall–Kier alpha value is -2.32. The highest BCUT2D eigenvalue weighted by atomic mass is 16.4. The molecule has 1 heterocycles. The minimum absolute atomic E-state index is 0.144. The summed E-state index contributed by atoms with van der Waals surface area (Å²) in [6.07, 6.45) is 5.85. The second kappa shape index (κ2) is 6.42. The lowest BCUT2D eigenvalue weighted by atomic mass is 9.91. The highest BCUT2D eigenvalue weighted by molar-refractivity contribution is 5.83. The number of rotatable bonds is 4. The first kappa shape index (κ1) is 15.1. The van der Waals surface area contributed by atoms with Gasteiger partial charge in [0, 0.05) is 6.54 Å². The van der Waals surface area contributed by atoms with Crippen LogP contribution in [0.25, 0.3) is 0 Å². The molecule has 1 aliphatic rings. The first-order chi connectivity index (χ1) is 10.1. The fourth-order valence-electron chi connectivity index (χ4n) is 2.71. The Bertz CT molecular complexity index is 591. The van der Waals surface area contributed by atoms with Crippen molar-refractivity contribution < 1.29 is 14.7 Å². The maximum absolute atomic E-state index is 12.0. The van der Waals surface area contributed by atoms with Crippen molar-refractivity contribution in [1.82, 2.24) is 10.2 Å². The lowest BCUT2D eigenvalue weighted by Gasteiger charge is -2.37. The molecule has 5 heteroatoms. The predicted octanol–water partition coefficient (Wildman–Crippen LogP) is 0.808. The van der Waals surface area contributed by atoms with Crippen molar-refractivity contribution in [2.24, 2.45) is 0 Å². The first-order valence-corrected chi connectivity index (χ1v) is 6.83. The predicted molar refractivity (Wildman–Crippen MR) is 78.5 cm³/mol. The average Bonchev–Trinajstić information content (AvgIpc) is 2.50. The van der Waals surface area contributed by atoms with E-state index in [-0.39, 0.29) is 12.5 Å². The number of aliphatic carboxylic acids is 1. The summed E-state index contributed by atoms with van der Waals surface area (Å²) in [5.41, 5.74) is 1.78. The van der Waals surface area contributed by atoms with Crippen LogP contribution in [0.5, 0.6) is 0 Å². The summed E-state index contributed by atoms with van der Waals surface area (Å²) < 4.78 is 0. The van der Waals surface area contributed by atoms with Crippen LogP contribution in [0.2, 0.25) is 0 Å². The number of amides is 1. The molecule has 1 aromatic rings. The van der Waals surface area contributed by atoms with Gasteiger partial charge in [-0.15, -0.1) is 6.42 Å². The van der Waals surface area contributed by atoms with Crippen molar-refractivity contribution in [2.75, 3.05) is 13.1 Å². The number of benzene rings is 1. The van der Waals surface area contributed by atoms with Crippen molar-refractivity contribution in [1.29, 1.82) is 0 Å². The van der Waals surface area contributed by atoms with Crippen molar-refractivity contribution in [3.8, 4) is 12.3 Å². The van der Waals surface area contributed by atoms with Crippen LogP contribution in [0.4, 0.5) is 0 Å². The molecule has 0 radical (unpaired) electrons. The summed E-state index contributed by atoms with van der Waals surface area (Å²) in [6, 6.07) is 6.12. The van der Waals surface area contributed by atoms with Crippen molar-refractivity contribution >= 4 is 11.9 Å². The Morgan fingerprint density at radius 2 is 2.24 bits per heavy atom. The van der Waals surface area contributed by atoms with Gasteiger partial charge in [-0.1, -0.05) is 30.2 Å². The molecule has 0 saturated carbocycles. The molecule has 0 fully saturated rings. The molecule has 0 saturated heterocycles. The van der Waals surface area contributed by atoms with Gasteiger partial charge in [-0.3, -0.25) is 14.5 Å². The topological polar surface area (TPSA) is 69.6 Å². The summed E-state index contributed by atoms with van der Waals surface area (Å²) >= 11 is 0. The minimum Gasteiger partial charge on any atom is -0.480 e. The van der Waals surface area contributed by atoms with Crippen LogP contribution in [0.15, 0.2) is 24.3 Å². The SMILES string of the molecule is C#CCNC(=O)C(C)N1CCc2ccccc2C1C(=O)O. The number of nitrogens with zero attached hydrogens (tertiary/aromatic N) is 1. The Labute approximate surface area is 124 Å². The molecule has 2 atom stereocenters. The third-order valence-electron chi connectivity index (χ3n) is 3.80. The highest BCUT2D eigenvalue weighted by Crippen LogP contribution is 2.31. The molecule has 2 unspecified atom stereocenters. The number of carboxylic acids is 1. The molecular weight excluding hydrogens is 268 g/mol. The van der Waals surface area contributed by atoms with E-state index in [0.29, 0.717) is 6.54 Å². The molecule has 1 aromatic carbocycles. The zero-order chi connectivity index (χ0) is 15.4. The summed E-state index contributed by atoms with van der Waals surface area (Å²) in [5.74, 6) is 1.14. The number of carbonyl (C=O) groups excluding carboxylic acids is 1. The van der Waals surface area contributed by atoms with E-state index in [1.54, 1.807) is 11.8 Å². The van der Waals surface area contributed by atoms with Crippen LogP contribution in [0.3, 0.4) is 0 Å². The molecule has 0 bridgehead atoms. The minimum atomic E-state index is -0.946. The Morgan fingerprint density at radius 1 is 1.52 bits per heavy atom. The van der Waals surface area contributed by atoms with Crippen LogP contribution in [-0.2, 0) is 16.0 Å². The Morgan fingerprint density at radius 3 is 2.90 bits per heavy atom. The summed E-state index contributed by atoms with van der Waals surface area (Å²) in [6.45, 7) is 2.37. The Balaban J connectivity index is 2.26. The van der Waals surface area contributed by atoms with Gasteiger partial charge in [0.1, 0.15) is 6.04 Å². The largest absolute Gasteiger partial charge is 0.480 e. The average molecular weight is 286 g/mol. The monoisotopic (exact) mass is 286 g/mol. The van der Waals surface area contributed by atoms with E-state index < -0.39 is 18.1 Å². The number of hydrogen-bond acceptors (Lipinski definition) is 3. The van der Waals surface area contributed by atoms with E-state index in [4.69, 9.17) is 6.42 Å². The summed E-state index contributed by atoms with van der Waals surface area (Å²) in [5, 5.41) is 12.2. The number of nitrogens with one attached hydrogen (secondary N) is 1. The van der Waals surface area contributed by atoms with Crippen molar-refractivity contribution in [3.63, 3.8) is 0 Å². The van der Waals surface area contributed by atoms with Crippen molar-refractivity contribution in [3.05, 3.63) is 35.4 Å². The fourth-order valence-corrected chi connectivity index (χ4v) is 2.71. The van der Waals surface area contributed by atoms with E-state index in [1.165, 1.54) is 0 Å². The van der Waals surface area contributed by atoms with E-state index >= 15 is 0 Å². The maximum Gasteiger partial charge on any atom is 0.325 e. The zero-order valence-corrected chi connectivity index (χ0v) is 11.9. The number of carboxylic acid groups (broad SMARTS) is 1. The molecule has 2 N–H and O–H groups in total. The van der Waals surface area contributed by atoms with Gasteiger partial charge in [-0.25, -0.2) is 0 Å². The molecular formula is C16H18N2O3. The van der Waals surface area contributed by atoms with Crippen LogP contribution in [0, 0.1) is 12.3 Å². The smallest absolute Gasteiger partial charge is 0.325 e. The lowest BCUT2D eigenvalue weighted by Crippen LogP contribution is -2.51. The lowest BCUT2D eigenvalue weighted by molar-refractivity contribution is -0.146. The highest BCUT2D eigenvalue weighted by Gasteiger charge is 2.37. The molecule has 2 rings (SSSR count). The summed E-state index contributed by atoms with van der Waals surface area (Å²) in [7, 11) is 0. The molecule has 21 heavy (non-hydrogen) atoms. The van der Waals surface area contributed by atoms with Crippen molar-refractivity contribution in [2.45, 2.75) is 25.4 Å². The molecule has 110 valence electrons. The molecule has 5 nitrogen and oxygen atoms in total. The third kappa shape index (κ3) is 3.06. The van der Waals surface area contributed by atoms with Gasteiger partial charge in [0.2, 0.25) is 5.91 Å². The normalized spacial score (nSPS) is 19.1. The number of hydrogen-bond donors (Lipinski definition) is 2. The van der Waals surface area contributed by atoms with Crippen LogP contribution in [0.1, 0.15) is 24.1 Å². The van der Waals surface area contributed by atoms with Crippen LogP contribution in [-0.4, -0.2) is 41.0 Å². The number of fused-ring (bicyclic) bond motifs is 1. The van der Waals surface area contributed by atoms with Gasteiger partial charge in [0.15, 0.2) is 0 Å². The molecule has 1 aliphatic heterocycles. The molecule has 0 aliphatic carbocycles. The molecule has 1 amide bonds. The maximum atomic E-state index is 12.0. The first-order valence-electron chi connectivity index (χ1n) is 6.83. The van der Waals surface area contributed by atoms with Gasteiger partial charge in [0.25, 0.3) is 0 Å². The van der Waals surface area contributed by atoms with Crippen LogP contribution >= 0.6 is 0 Å². The van der Waals surface area contributed by atoms with E-state index in [9.17, 15) is 14.7 Å². The number of terminal acetylenes is 1. The third-order valence-corrected chi connectivity index (χ3v) is 3.80. The van der Waals surface area contributed by atoms with Gasteiger partial charge in [-0.2, -0.15) is 0 Å². The van der Waals surface area contributed by atoms with Gasteiger partial charge in [-0.05, 0) is 24.5 Å². The second-order valence-electron chi connectivity index (χ2n) is 5.03. The Kier molecular flexibility index (Phi) is 4.61. The molecule has 0 spiro atoms. The van der Waals surface area contributed by atoms with Gasteiger partial charge in [0.05, 0.1) is 12.6 Å². The quantitative estimate of drug-likeness (QED) is 0.804. The summed E-state index contributed by atoms with van der Waals surface area (Å²) in [4.78, 5) is 25.4. The van der Waals surface area contributed by atoms with E-state index in [2.05, 4.69) is 11.2 Å². The molecule has 0 aromatic heterocycles. The number of carbonyl (C=O) groups is 2. The fraction of sp³-hybridized carbons (Fsp3) is 0.375. The van der Waals surface area contributed by atoms with E-state index in [1.807, 2.05) is 24.3 Å². The van der Waals surface area contributed by atoms with Gasteiger partial charge >= 0.3 is 5.97 Å². The standard InChI is InChI=1S/C16H18N2O3/c1-3-9-17-15(19)11(2)18-10-8-12-6-4-5-7-13(12)14(18)16(20)21/h1,4-7,11,14H,8-10H2,2H3,(H,17,19)(H,20,21). The van der Waals surface area contributed by atoms with E-state index in [0.717, 1.165) is 17.5 Å².